The number of likely N-dealkylation sites (tertiary alicyclic amines) is 1. The van der Waals surface area contributed by atoms with Gasteiger partial charge < -0.3 is 14.6 Å². The highest BCUT2D eigenvalue weighted by Gasteiger charge is 2.18. The number of rotatable bonds is 9. The van der Waals surface area contributed by atoms with Crippen LogP contribution in [0.1, 0.15) is 44.1 Å². The zero-order valence-electron chi connectivity index (χ0n) is 13.2. The minimum Gasteiger partial charge on any atom is -0.464 e. The lowest BCUT2D eigenvalue weighted by atomic mass is 10.0. The van der Waals surface area contributed by atoms with E-state index in [0.29, 0.717) is 30.1 Å². The summed E-state index contributed by atoms with van der Waals surface area (Å²) in [6.45, 7) is 6.44. The van der Waals surface area contributed by atoms with Crippen molar-refractivity contribution >= 4 is 11.8 Å². The topological polar surface area (TPSA) is 28.4 Å². The maximum absolute atomic E-state index is 12.1. The van der Waals surface area contributed by atoms with E-state index in [2.05, 4.69) is 17.1 Å². The molecule has 1 saturated heterocycles. The average Bonchev–Trinajstić information content (AvgIpc) is 2.98. The summed E-state index contributed by atoms with van der Waals surface area (Å²) in [5, 5.41) is 3.52. The maximum Gasteiger partial charge on any atom is 0.284 e. The van der Waals surface area contributed by atoms with Crippen LogP contribution < -0.4 is 5.32 Å². The first-order chi connectivity index (χ1) is 10.7. The Kier molecular flexibility index (Phi) is 7.69. The van der Waals surface area contributed by atoms with Gasteiger partial charge in [0.1, 0.15) is 11.5 Å². The molecule has 126 valence electrons. The van der Waals surface area contributed by atoms with Crippen LogP contribution in [0, 0.1) is 0 Å². The van der Waals surface area contributed by atoms with E-state index >= 15 is 0 Å². The number of alkyl halides is 2. The number of nitrogens with one attached hydrogen (secondary N) is 1. The second-order valence-electron chi connectivity index (χ2n) is 5.79. The summed E-state index contributed by atoms with van der Waals surface area (Å²) in [7, 11) is 0. The molecule has 1 N–H and O–H groups in total. The molecule has 0 bridgehead atoms. The molecule has 6 heteroatoms. The van der Waals surface area contributed by atoms with Crippen molar-refractivity contribution in [2.75, 3.05) is 19.6 Å². The molecule has 1 aromatic heterocycles. The number of nitrogens with zero attached hydrogens (tertiary/aromatic N) is 1. The molecule has 1 fully saturated rings. The number of thioether (sulfide) groups is 1. The van der Waals surface area contributed by atoms with E-state index in [9.17, 15) is 8.78 Å². The van der Waals surface area contributed by atoms with Gasteiger partial charge in [0.15, 0.2) is 0 Å². The third-order valence-electron chi connectivity index (χ3n) is 4.05. The predicted molar refractivity (Wildman–Crippen MR) is 87.2 cm³/mol. The van der Waals surface area contributed by atoms with Gasteiger partial charge >= 0.3 is 0 Å². The zero-order valence-corrected chi connectivity index (χ0v) is 14.0. The number of hydrogen-bond donors (Lipinski definition) is 1. The minimum atomic E-state index is -2.34. The number of hydrogen-bond acceptors (Lipinski definition) is 4. The molecule has 3 nitrogen and oxygen atoms in total. The highest BCUT2D eigenvalue weighted by molar-refractivity contribution is 7.98. The molecule has 2 heterocycles. The highest BCUT2D eigenvalue weighted by atomic mass is 32.2. The van der Waals surface area contributed by atoms with Crippen LogP contribution >= 0.6 is 11.8 Å². The van der Waals surface area contributed by atoms with Gasteiger partial charge in [0.2, 0.25) is 0 Å². The van der Waals surface area contributed by atoms with Crippen LogP contribution in [-0.2, 0) is 12.3 Å². The van der Waals surface area contributed by atoms with E-state index in [1.807, 2.05) is 6.07 Å². The summed E-state index contributed by atoms with van der Waals surface area (Å²) in [5.74, 6) is -0.660. The fourth-order valence-electron chi connectivity index (χ4n) is 2.73. The summed E-state index contributed by atoms with van der Waals surface area (Å²) in [6, 6.07) is 4.20. The van der Waals surface area contributed by atoms with E-state index < -0.39 is 5.76 Å². The third-order valence-corrected chi connectivity index (χ3v) is 4.75. The lowest BCUT2D eigenvalue weighted by Crippen LogP contribution is -2.42. The molecule has 1 aliphatic rings. The van der Waals surface area contributed by atoms with Crippen LogP contribution in [0.2, 0.25) is 0 Å². The highest BCUT2D eigenvalue weighted by Crippen LogP contribution is 2.21. The number of piperidine rings is 1. The molecular weight excluding hydrogens is 306 g/mol. The maximum atomic E-state index is 12.1. The van der Waals surface area contributed by atoms with Gasteiger partial charge in [-0.2, -0.15) is 8.78 Å². The molecule has 0 radical (unpaired) electrons. The van der Waals surface area contributed by atoms with Gasteiger partial charge in [-0.05, 0) is 51.0 Å². The Morgan fingerprint density at radius 3 is 2.73 bits per heavy atom. The van der Waals surface area contributed by atoms with Crippen LogP contribution in [0.4, 0.5) is 8.78 Å². The van der Waals surface area contributed by atoms with Crippen LogP contribution in [0.3, 0.4) is 0 Å². The van der Waals surface area contributed by atoms with Gasteiger partial charge in [0, 0.05) is 6.04 Å². The summed E-state index contributed by atoms with van der Waals surface area (Å²) in [6.07, 6.45) is 4.86. The van der Waals surface area contributed by atoms with Crippen molar-refractivity contribution in [3.8, 4) is 0 Å². The molecule has 1 aromatic rings. The SMILES string of the molecule is CCCCN1CCC(NCc2ccc(CSC(F)F)o2)CC1. The second kappa shape index (κ2) is 9.53. The molecule has 2 rings (SSSR count). The predicted octanol–water partition coefficient (Wildman–Crippen LogP) is 4.09. The smallest absolute Gasteiger partial charge is 0.284 e. The minimum absolute atomic E-state index is 0.230. The average molecular weight is 332 g/mol. The summed E-state index contributed by atoms with van der Waals surface area (Å²) >= 11 is 0.597. The standard InChI is InChI=1S/C16H26F2N2OS/c1-2-3-8-20-9-6-13(7-10-20)19-11-14-4-5-15(21-14)12-22-16(17)18/h4-5,13,16,19H,2-3,6-12H2,1H3. The number of furan rings is 1. The van der Waals surface area contributed by atoms with Gasteiger partial charge in [-0.25, -0.2) is 0 Å². The monoisotopic (exact) mass is 332 g/mol. The summed E-state index contributed by atoms with van der Waals surface area (Å²) < 4.78 is 29.8. The quantitative estimate of drug-likeness (QED) is 0.737. The van der Waals surface area contributed by atoms with Crippen LogP contribution in [-0.4, -0.2) is 36.3 Å². The Balaban J connectivity index is 1.64. The van der Waals surface area contributed by atoms with Crippen LogP contribution in [0.15, 0.2) is 16.5 Å². The Morgan fingerprint density at radius 1 is 1.32 bits per heavy atom. The van der Waals surface area contributed by atoms with Crippen molar-refractivity contribution < 1.29 is 13.2 Å². The Labute approximate surface area is 135 Å². The van der Waals surface area contributed by atoms with E-state index in [-0.39, 0.29) is 5.75 Å². The fraction of sp³-hybridized carbons (Fsp3) is 0.750. The van der Waals surface area contributed by atoms with Gasteiger partial charge in [-0.1, -0.05) is 25.1 Å². The summed E-state index contributed by atoms with van der Waals surface area (Å²) in [4.78, 5) is 2.54. The van der Waals surface area contributed by atoms with E-state index in [4.69, 9.17) is 4.42 Å². The van der Waals surface area contributed by atoms with Crippen molar-refractivity contribution in [1.29, 1.82) is 0 Å². The van der Waals surface area contributed by atoms with Gasteiger partial charge in [0.05, 0.1) is 12.3 Å². The van der Waals surface area contributed by atoms with Crippen LogP contribution in [0.25, 0.3) is 0 Å². The van der Waals surface area contributed by atoms with Crippen molar-refractivity contribution in [3.05, 3.63) is 23.7 Å². The number of unbranched alkanes of at least 4 members (excludes halogenated alkanes) is 1. The van der Waals surface area contributed by atoms with Crippen molar-refractivity contribution in [2.24, 2.45) is 0 Å². The Bertz CT molecular complexity index is 420. The van der Waals surface area contributed by atoms with Crippen molar-refractivity contribution in [3.63, 3.8) is 0 Å². The first kappa shape index (κ1) is 17.8. The molecule has 0 spiro atoms. The van der Waals surface area contributed by atoms with E-state index in [1.165, 1.54) is 32.2 Å². The Hall–Kier alpha value is -0.590. The van der Waals surface area contributed by atoms with Crippen molar-refractivity contribution in [1.82, 2.24) is 10.2 Å². The largest absolute Gasteiger partial charge is 0.464 e. The van der Waals surface area contributed by atoms with E-state index in [0.717, 1.165) is 18.8 Å². The van der Waals surface area contributed by atoms with Gasteiger partial charge in [-0.3, -0.25) is 0 Å². The molecule has 0 atom stereocenters. The lowest BCUT2D eigenvalue weighted by Gasteiger charge is -2.32. The fourth-order valence-corrected chi connectivity index (χ4v) is 3.17. The van der Waals surface area contributed by atoms with Crippen LogP contribution in [0.5, 0.6) is 0 Å². The Morgan fingerprint density at radius 2 is 2.05 bits per heavy atom. The first-order valence-electron chi connectivity index (χ1n) is 8.10. The molecule has 0 aliphatic carbocycles. The third kappa shape index (κ3) is 6.26. The molecule has 0 saturated carbocycles. The molecule has 0 unspecified atom stereocenters. The molecule has 1 aliphatic heterocycles. The number of halogens is 2. The second-order valence-corrected chi connectivity index (χ2v) is 6.77. The zero-order chi connectivity index (χ0) is 15.8. The molecule has 22 heavy (non-hydrogen) atoms. The van der Waals surface area contributed by atoms with Gasteiger partial charge in [-0.15, -0.1) is 0 Å². The van der Waals surface area contributed by atoms with Crippen molar-refractivity contribution in [2.45, 2.75) is 56.7 Å². The lowest BCUT2D eigenvalue weighted by molar-refractivity contribution is 0.193. The molecule has 0 aromatic carbocycles. The normalized spacial score (nSPS) is 17.5. The molecule has 0 amide bonds. The van der Waals surface area contributed by atoms with E-state index in [1.54, 1.807) is 6.07 Å². The van der Waals surface area contributed by atoms with Gasteiger partial charge in [0.25, 0.3) is 5.76 Å². The molecular formula is C16H26F2N2OS. The first-order valence-corrected chi connectivity index (χ1v) is 9.15. The summed E-state index contributed by atoms with van der Waals surface area (Å²) in [5.41, 5.74) is 0.